The first-order valence-electron chi connectivity index (χ1n) is 28.1. The Balaban J connectivity index is 1.32. The molecule has 0 aliphatic rings. The van der Waals surface area contributed by atoms with Crippen molar-refractivity contribution in [2.24, 2.45) is 0 Å². The highest BCUT2D eigenvalue weighted by Crippen LogP contribution is 2.42. The van der Waals surface area contributed by atoms with Crippen LogP contribution in [0.3, 0.4) is 0 Å². The first kappa shape index (κ1) is 16.8. The molecule has 10 aromatic carbocycles. The van der Waals surface area contributed by atoms with E-state index < -0.39 is 188 Å². The molecule has 0 amide bonds. The van der Waals surface area contributed by atoms with E-state index in [1.807, 2.05) is 66.7 Å². The third kappa shape index (κ3) is 6.02. The zero-order valence-electron chi connectivity index (χ0n) is 50.6. The fraction of sp³-hybridized carbons (Fsp3) is 0. The van der Waals surface area contributed by atoms with Gasteiger partial charge in [-0.1, -0.05) is 188 Å². The van der Waals surface area contributed by atoms with E-state index in [-0.39, 0.29) is 5.69 Å². The summed E-state index contributed by atoms with van der Waals surface area (Å²) in [4.78, 5) is 0.977. The van der Waals surface area contributed by atoms with Gasteiger partial charge in [0, 0.05) is 17.1 Å². The lowest BCUT2D eigenvalue weighted by Gasteiger charge is -2.27. The van der Waals surface area contributed by atoms with Crippen molar-refractivity contribution in [3.05, 3.63) is 224 Å². The molecule has 10 aromatic rings. The Hall–Kier alpha value is -7.22. The number of hydrogen-bond donors (Lipinski definition) is 0. The number of nitrogens with zero attached hydrogens (tertiary/aromatic N) is 1. The van der Waals surface area contributed by atoms with Gasteiger partial charge in [-0.25, -0.2) is 0 Å². The van der Waals surface area contributed by atoms with Crippen LogP contribution in [0.5, 0.6) is 0 Å². The second kappa shape index (κ2) is 14.0. The van der Waals surface area contributed by atoms with Crippen LogP contribution in [0, 0.1) is 0 Å². The van der Waals surface area contributed by atoms with Crippen molar-refractivity contribution in [3.8, 4) is 44.5 Å². The second-order valence-electron chi connectivity index (χ2n) is 12.4. The largest absolute Gasteiger partial charge is 0.310 e. The van der Waals surface area contributed by atoms with E-state index in [9.17, 15) is 11.0 Å². The molecule has 0 spiro atoms. The van der Waals surface area contributed by atoms with Crippen molar-refractivity contribution in [1.29, 1.82) is 0 Å². The maximum absolute atomic E-state index is 9.74. The van der Waals surface area contributed by atoms with E-state index in [1.165, 1.54) is 6.07 Å². The maximum Gasteiger partial charge on any atom is 0.0645 e. The predicted molar refractivity (Wildman–Crippen MR) is 235 cm³/mol. The summed E-state index contributed by atoms with van der Waals surface area (Å²) in [7, 11) is 0. The van der Waals surface area contributed by atoms with Crippen LogP contribution in [0.15, 0.2) is 224 Å². The molecule has 55 heavy (non-hydrogen) atoms. The minimum Gasteiger partial charge on any atom is -0.310 e. The Labute approximate surface area is 352 Å². The number of anilines is 3. The lowest BCUT2D eigenvalue weighted by atomic mass is 9.91. The van der Waals surface area contributed by atoms with Gasteiger partial charge in [0.2, 0.25) is 0 Å². The highest BCUT2D eigenvalue weighted by molar-refractivity contribution is 6.07. The van der Waals surface area contributed by atoms with Crippen molar-refractivity contribution in [1.82, 2.24) is 0 Å². The van der Waals surface area contributed by atoms with E-state index in [1.54, 1.807) is 18.2 Å². The maximum atomic E-state index is 9.74. The summed E-state index contributed by atoms with van der Waals surface area (Å²) < 4.78 is 198. The first-order valence-corrected chi connectivity index (χ1v) is 17.1. The first-order chi connectivity index (χ1) is 36.5. The Morgan fingerprint density at radius 2 is 0.800 bits per heavy atom. The summed E-state index contributed by atoms with van der Waals surface area (Å²) in [5.41, 5.74) is -1.07. The van der Waals surface area contributed by atoms with E-state index in [4.69, 9.17) is 19.2 Å². The molecule has 0 radical (unpaired) electrons. The van der Waals surface area contributed by atoms with Gasteiger partial charge in [0.1, 0.15) is 0 Å². The van der Waals surface area contributed by atoms with Crippen LogP contribution in [0.1, 0.15) is 30.2 Å². The summed E-state index contributed by atoms with van der Waals surface area (Å²) in [6.45, 7) is 0. The van der Waals surface area contributed by atoms with Crippen molar-refractivity contribution in [2.45, 2.75) is 0 Å². The normalized spacial score (nSPS) is 16.9. The minimum atomic E-state index is -0.923. The molecule has 258 valence electrons. The molecule has 0 unspecified atom stereocenters. The third-order valence-corrected chi connectivity index (χ3v) is 9.20. The minimum absolute atomic E-state index is 0.0423. The van der Waals surface area contributed by atoms with Gasteiger partial charge in [0.05, 0.1) is 30.2 Å². The molecular weight excluding hydrogens is 663 g/mol. The summed E-state index contributed by atoms with van der Waals surface area (Å²) in [5, 5.41) is -0.389. The topological polar surface area (TPSA) is 3.24 Å². The van der Waals surface area contributed by atoms with Crippen LogP contribution >= 0.6 is 0 Å². The van der Waals surface area contributed by atoms with Crippen LogP contribution in [0.4, 0.5) is 17.1 Å². The van der Waals surface area contributed by atoms with Gasteiger partial charge in [-0.2, -0.15) is 0 Å². The van der Waals surface area contributed by atoms with Crippen molar-refractivity contribution in [2.75, 3.05) is 4.90 Å². The smallest absolute Gasteiger partial charge is 0.0645 e. The Morgan fingerprint density at radius 1 is 0.309 bits per heavy atom. The van der Waals surface area contributed by atoms with Gasteiger partial charge in [-0.15, -0.1) is 0 Å². The monoisotopic (exact) mass is 721 g/mol. The molecular formula is C54H37N. The fourth-order valence-corrected chi connectivity index (χ4v) is 6.71. The number of fused-ring (bicyclic) bond motifs is 3. The van der Waals surface area contributed by atoms with E-state index >= 15 is 0 Å². The quantitative estimate of drug-likeness (QED) is 0.158. The van der Waals surface area contributed by atoms with Gasteiger partial charge >= 0.3 is 0 Å². The average Bonchev–Trinajstić information content (AvgIpc) is 3.45. The summed E-state index contributed by atoms with van der Waals surface area (Å²) in [6.07, 6.45) is 0. The summed E-state index contributed by atoms with van der Waals surface area (Å²) in [5.74, 6) is 0. The zero-order valence-corrected chi connectivity index (χ0v) is 28.6. The van der Waals surface area contributed by atoms with Gasteiger partial charge in [0.15, 0.2) is 0 Å². The molecule has 0 atom stereocenters. The van der Waals surface area contributed by atoms with Gasteiger partial charge < -0.3 is 4.90 Å². The zero-order chi connectivity index (χ0) is 55.7. The molecule has 0 aliphatic heterocycles. The molecule has 0 heterocycles. The molecule has 0 fully saturated rings. The van der Waals surface area contributed by atoms with Crippen molar-refractivity contribution < 1.29 is 30.2 Å². The average molecular weight is 722 g/mol. The van der Waals surface area contributed by atoms with Crippen molar-refractivity contribution in [3.63, 3.8) is 0 Å². The second-order valence-corrected chi connectivity index (χ2v) is 12.4. The third-order valence-electron chi connectivity index (χ3n) is 9.20. The van der Waals surface area contributed by atoms with Crippen LogP contribution < -0.4 is 4.90 Å². The van der Waals surface area contributed by atoms with Crippen LogP contribution in [0.25, 0.3) is 76.8 Å². The fourth-order valence-electron chi connectivity index (χ4n) is 6.71. The lowest BCUT2D eigenvalue weighted by molar-refractivity contribution is 1.28. The molecule has 0 N–H and O–H groups in total. The SMILES string of the molecule is [2H]c1c([2H])c(N(c2cccc(-c3cccc4cccc(-c5ccccc5)c34)c2)c2c([2H])c([2H])c(-c3c([2H])c([2H])c([2H])c4c([2H])c([2H])c([2H])c([2H])c34)c([2H])c2[2H])c([2H])c([2H])c1-c1c([2H])c([2H])c([2H])c2c([2H])c([2H])c([2H])c([2H])c12. The molecule has 0 aliphatic carbocycles. The molecule has 1 heteroatoms. The van der Waals surface area contributed by atoms with E-state index in [0.717, 1.165) is 26.8 Å². The van der Waals surface area contributed by atoms with Gasteiger partial charge in [-0.3, -0.25) is 0 Å². The molecule has 0 bridgehead atoms. The van der Waals surface area contributed by atoms with Gasteiger partial charge in [-0.05, 0) is 113 Å². The van der Waals surface area contributed by atoms with Crippen LogP contribution in [-0.2, 0) is 0 Å². The van der Waals surface area contributed by atoms with Crippen LogP contribution in [-0.4, -0.2) is 0 Å². The Morgan fingerprint density at radius 3 is 1.38 bits per heavy atom. The molecule has 0 saturated carbocycles. The number of rotatable bonds is 7. The molecule has 10 rings (SSSR count). The Bertz CT molecular complexity index is 3990. The highest BCUT2D eigenvalue weighted by atomic mass is 15.1. The van der Waals surface area contributed by atoms with E-state index in [0.29, 0.717) is 11.1 Å². The molecule has 0 aromatic heterocycles. The number of benzene rings is 10. The van der Waals surface area contributed by atoms with Gasteiger partial charge in [0.25, 0.3) is 0 Å². The molecule has 0 saturated heterocycles. The van der Waals surface area contributed by atoms with Crippen LogP contribution in [0.2, 0.25) is 0 Å². The Kier molecular flexibility index (Phi) is 4.28. The highest BCUT2D eigenvalue weighted by Gasteiger charge is 2.17. The summed E-state index contributed by atoms with van der Waals surface area (Å²) in [6, 6.07) is 8.98. The molecule has 1 nitrogen and oxygen atoms in total. The number of hydrogen-bond acceptors (Lipinski definition) is 1. The predicted octanol–water partition coefficient (Wildman–Crippen LogP) is 15.3. The van der Waals surface area contributed by atoms with E-state index in [2.05, 4.69) is 0 Å². The van der Waals surface area contributed by atoms with Crippen molar-refractivity contribution >= 4 is 49.4 Å². The summed E-state index contributed by atoms with van der Waals surface area (Å²) >= 11 is 0. The lowest BCUT2D eigenvalue weighted by Crippen LogP contribution is -2.10. The standard InChI is InChI=1S/C54H37N/c1-2-13-40(14-3-1)52-27-11-19-43-20-12-28-53(54(43)52)44-21-8-22-47(37-44)55(45-33-29-41(30-34-45)50-25-9-17-38-15-4-6-23-48(38)50)46-35-31-42(32-36-46)51-26-10-18-39-16-5-7-24-49(39)51/h1-37H/i4D,5D,6D,7D,9D,10D,15D,16D,17D,18D,23D,24D,25D,26D,29D,30D,31D,32D,33D,34D,35D,36D.